The van der Waals surface area contributed by atoms with Crippen LogP contribution in [-0.4, -0.2) is 11.1 Å². The van der Waals surface area contributed by atoms with Crippen LogP contribution in [0.4, 0.5) is 4.39 Å². The van der Waals surface area contributed by atoms with E-state index >= 15 is 0 Å². The smallest absolute Gasteiger partial charge is 0.335 e. The minimum atomic E-state index is -0.942. The molecule has 3 nitrogen and oxygen atoms in total. The van der Waals surface area contributed by atoms with Gasteiger partial charge >= 0.3 is 5.97 Å². The van der Waals surface area contributed by atoms with Gasteiger partial charge in [0.05, 0.1) is 5.56 Å². The van der Waals surface area contributed by atoms with E-state index in [1.54, 1.807) is 30.3 Å². The Labute approximate surface area is 124 Å². The van der Waals surface area contributed by atoms with E-state index in [0.29, 0.717) is 12.4 Å². The van der Waals surface area contributed by atoms with E-state index in [1.165, 1.54) is 23.5 Å². The molecule has 0 atom stereocenters. The molecule has 1 aromatic heterocycles. The van der Waals surface area contributed by atoms with Crippen LogP contribution in [-0.2, 0) is 6.61 Å². The molecule has 0 unspecified atom stereocenters. The number of rotatable bonds is 4. The number of carbonyl (C=O) groups is 1. The molecule has 0 bridgehead atoms. The highest BCUT2D eigenvalue weighted by atomic mass is 32.1. The SMILES string of the molecule is O=C(O)c1ccc2c(COc3cccc(F)c3)csc2c1. The second-order valence-corrected chi connectivity index (χ2v) is 5.43. The molecule has 5 heteroatoms. The maximum absolute atomic E-state index is 13.1. The Kier molecular flexibility index (Phi) is 3.58. The van der Waals surface area contributed by atoms with Gasteiger partial charge in [0.25, 0.3) is 0 Å². The first-order chi connectivity index (χ1) is 10.1. The van der Waals surface area contributed by atoms with Crippen LogP contribution < -0.4 is 4.74 Å². The minimum Gasteiger partial charge on any atom is -0.489 e. The molecule has 0 aliphatic heterocycles. The lowest BCUT2D eigenvalue weighted by atomic mass is 10.1. The van der Waals surface area contributed by atoms with Gasteiger partial charge in [-0.05, 0) is 35.0 Å². The highest BCUT2D eigenvalue weighted by Gasteiger charge is 2.09. The normalized spacial score (nSPS) is 10.7. The van der Waals surface area contributed by atoms with Crippen molar-refractivity contribution in [3.05, 3.63) is 64.8 Å². The van der Waals surface area contributed by atoms with Crippen LogP contribution in [0.15, 0.2) is 47.8 Å². The van der Waals surface area contributed by atoms with Crippen molar-refractivity contribution in [2.75, 3.05) is 0 Å². The molecule has 0 radical (unpaired) electrons. The van der Waals surface area contributed by atoms with Gasteiger partial charge < -0.3 is 9.84 Å². The molecular weight excluding hydrogens is 291 g/mol. The number of hydrogen-bond donors (Lipinski definition) is 1. The molecule has 106 valence electrons. The summed E-state index contributed by atoms with van der Waals surface area (Å²) in [5.74, 6) is -0.812. The van der Waals surface area contributed by atoms with E-state index in [1.807, 2.05) is 5.38 Å². The molecular formula is C16H11FO3S. The van der Waals surface area contributed by atoms with E-state index in [4.69, 9.17) is 9.84 Å². The second kappa shape index (κ2) is 5.54. The molecule has 0 aliphatic rings. The number of fused-ring (bicyclic) bond motifs is 1. The van der Waals surface area contributed by atoms with Gasteiger partial charge in [-0.2, -0.15) is 0 Å². The van der Waals surface area contributed by atoms with E-state index < -0.39 is 5.97 Å². The molecule has 0 fully saturated rings. The molecule has 0 saturated carbocycles. The maximum atomic E-state index is 13.1. The number of halogens is 1. The lowest BCUT2D eigenvalue weighted by Gasteiger charge is -2.05. The summed E-state index contributed by atoms with van der Waals surface area (Å²) in [6.45, 7) is 0.315. The molecule has 1 N–H and O–H groups in total. The molecule has 0 aliphatic carbocycles. The first-order valence-electron chi connectivity index (χ1n) is 6.25. The third kappa shape index (κ3) is 2.87. The largest absolute Gasteiger partial charge is 0.489 e. The van der Waals surface area contributed by atoms with Crippen LogP contribution in [0, 0.1) is 5.82 Å². The van der Waals surface area contributed by atoms with Gasteiger partial charge in [0.1, 0.15) is 18.2 Å². The van der Waals surface area contributed by atoms with Gasteiger partial charge in [0.2, 0.25) is 0 Å². The zero-order valence-corrected chi connectivity index (χ0v) is 11.7. The Morgan fingerprint density at radius 3 is 2.86 bits per heavy atom. The Balaban J connectivity index is 1.83. The van der Waals surface area contributed by atoms with E-state index in [0.717, 1.165) is 15.6 Å². The van der Waals surface area contributed by atoms with Crippen LogP contribution in [0.2, 0.25) is 0 Å². The van der Waals surface area contributed by atoms with Crippen molar-refractivity contribution in [2.24, 2.45) is 0 Å². The molecule has 3 aromatic rings. The highest BCUT2D eigenvalue weighted by Crippen LogP contribution is 2.28. The fourth-order valence-electron chi connectivity index (χ4n) is 2.05. The lowest BCUT2D eigenvalue weighted by Crippen LogP contribution is -1.96. The van der Waals surface area contributed by atoms with Gasteiger partial charge in [0, 0.05) is 16.3 Å². The zero-order valence-electron chi connectivity index (χ0n) is 10.9. The molecule has 2 aromatic carbocycles. The molecule has 0 saturated heterocycles. The van der Waals surface area contributed by atoms with Crippen LogP contribution in [0.1, 0.15) is 15.9 Å². The summed E-state index contributed by atoms with van der Waals surface area (Å²) in [5.41, 5.74) is 1.22. The summed E-state index contributed by atoms with van der Waals surface area (Å²) < 4.78 is 19.5. The molecule has 21 heavy (non-hydrogen) atoms. The van der Waals surface area contributed by atoms with Crippen LogP contribution in [0.3, 0.4) is 0 Å². The van der Waals surface area contributed by atoms with Crippen LogP contribution >= 0.6 is 11.3 Å². The predicted octanol–water partition coefficient (Wildman–Crippen LogP) is 4.32. The lowest BCUT2D eigenvalue weighted by molar-refractivity contribution is 0.0697. The van der Waals surface area contributed by atoms with E-state index in [2.05, 4.69) is 0 Å². The molecule has 3 rings (SSSR count). The molecule has 1 heterocycles. The minimum absolute atomic E-state index is 0.266. The third-order valence-corrected chi connectivity index (χ3v) is 4.09. The first-order valence-corrected chi connectivity index (χ1v) is 7.13. The van der Waals surface area contributed by atoms with Crippen molar-refractivity contribution in [3.8, 4) is 5.75 Å². The van der Waals surface area contributed by atoms with Gasteiger partial charge in [-0.1, -0.05) is 12.1 Å². The summed E-state index contributed by atoms with van der Waals surface area (Å²) in [6, 6.07) is 11.0. The standard InChI is InChI=1S/C16H11FO3S/c17-12-2-1-3-13(7-12)20-8-11-9-21-15-6-10(16(18)19)4-5-14(11)15/h1-7,9H,8H2,(H,18,19). The van der Waals surface area contributed by atoms with Crippen molar-refractivity contribution in [2.45, 2.75) is 6.61 Å². The number of aromatic carboxylic acids is 1. The average Bonchev–Trinajstić information content (AvgIpc) is 2.87. The van der Waals surface area contributed by atoms with Gasteiger partial charge in [0.15, 0.2) is 0 Å². The van der Waals surface area contributed by atoms with Crippen molar-refractivity contribution in [3.63, 3.8) is 0 Å². The van der Waals surface area contributed by atoms with Gasteiger partial charge in [-0.25, -0.2) is 9.18 Å². The number of hydrogen-bond acceptors (Lipinski definition) is 3. The van der Waals surface area contributed by atoms with Crippen molar-refractivity contribution >= 4 is 27.4 Å². The quantitative estimate of drug-likeness (QED) is 0.781. The Morgan fingerprint density at radius 1 is 1.24 bits per heavy atom. The predicted molar refractivity (Wildman–Crippen MR) is 79.5 cm³/mol. The Hall–Kier alpha value is -2.40. The maximum Gasteiger partial charge on any atom is 0.335 e. The first kappa shape index (κ1) is 13.6. The number of thiophene rings is 1. The summed E-state index contributed by atoms with van der Waals surface area (Å²) in [4.78, 5) is 10.9. The summed E-state index contributed by atoms with van der Waals surface area (Å²) in [5, 5.41) is 11.9. The summed E-state index contributed by atoms with van der Waals surface area (Å²) in [6.07, 6.45) is 0. The summed E-state index contributed by atoms with van der Waals surface area (Å²) in [7, 11) is 0. The molecule has 0 spiro atoms. The topological polar surface area (TPSA) is 46.5 Å². The van der Waals surface area contributed by atoms with E-state index in [9.17, 15) is 9.18 Å². The Bertz CT molecular complexity index is 810. The van der Waals surface area contributed by atoms with Crippen LogP contribution in [0.5, 0.6) is 5.75 Å². The zero-order chi connectivity index (χ0) is 14.8. The average molecular weight is 302 g/mol. The monoisotopic (exact) mass is 302 g/mol. The second-order valence-electron chi connectivity index (χ2n) is 4.52. The highest BCUT2D eigenvalue weighted by molar-refractivity contribution is 7.17. The van der Waals surface area contributed by atoms with Gasteiger partial charge in [-0.3, -0.25) is 0 Å². The number of benzene rings is 2. The van der Waals surface area contributed by atoms with E-state index in [-0.39, 0.29) is 11.4 Å². The fraction of sp³-hybridized carbons (Fsp3) is 0.0625. The van der Waals surface area contributed by atoms with Crippen molar-refractivity contribution in [1.82, 2.24) is 0 Å². The number of ether oxygens (including phenoxy) is 1. The van der Waals surface area contributed by atoms with Gasteiger partial charge in [-0.15, -0.1) is 11.3 Å². The number of carboxylic acid groups (broad SMARTS) is 1. The fourth-order valence-corrected chi connectivity index (χ4v) is 3.03. The molecule has 0 amide bonds. The van der Waals surface area contributed by atoms with Crippen molar-refractivity contribution < 1.29 is 19.0 Å². The van der Waals surface area contributed by atoms with Crippen LogP contribution in [0.25, 0.3) is 10.1 Å². The third-order valence-electron chi connectivity index (χ3n) is 3.09. The number of carboxylic acids is 1. The van der Waals surface area contributed by atoms with Crippen molar-refractivity contribution in [1.29, 1.82) is 0 Å². The summed E-state index contributed by atoms with van der Waals surface area (Å²) >= 11 is 1.47. The Morgan fingerprint density at radius 2 is 2.10 bits per heavy atom.